The maximum absolute atomic E-state index is 11.8. The van der Waals surface area contributed by atoms with Crippen molar-refractivity contribution in [3.05, 3.63) is 40.6 Å². The zero-order valence-electron chi connectivity index (χ0n) is 11.9. The minimum Gasteiger partial charge on any atom is -0.478 e. The zero-order chi connectivity index (χ0) is 14.3. The Morgan fingerprint density at radius 1 is 1.45 bits per heavy atom. The van der Waals surface area contributed by atoms with Crippen LogP contribution in [0.2, 0.25) is 0 Å². The molecule has 0 bridgehead atoms. The molecule has 3 heteroatoms. The van der Waals surface area contributed by atoms with E-state index in [2.05, 4.69) is 6.92 Å². The maximum Gasteiger partial charge on any atom is 0.336 e. The minimum atomic E-state index is -0.823. The van der Waals surface area contributed by atoms with Crippen molar-refractivity contribution < 1.29 is 9.90 Å². The molecule has 104 valence electrons. The first-order chi connectivity index (χ1) is 9.60. The molecular formula is C17H19NO2. The number of aromatic carboxylic acids is 1. The molecule has 3 rings (SSSR count). The Labute approximate surface area is 118 Å². The number of hydrogen-bond donors (Lipinski definition) is 1. The summed E-state index contributed by atoms with van der Waals surface area (Å²) in [5, 5.41) is 10.4. The molecule has 1 aromatic carbocycles. The van der Waals surface area contributed by atoms with Gasteiger partial charge in [-0.15, -0.1) is 0 Å². The van der Waals surface area contributed by atoms with Crippen molar-refractivity contribution in [2.24, 2.45) is 5.92 Å². The predicted octanol–water partition coefficient (Wildman–Crippen LogP) is 3.76. The van der Waals surface area contributed by atoms with Crippen molar-refractivity contribution in [1.29, 1.82) is 0 Å². The van der Waals surface area contributed by atoms with Crippen LogP contribution in [0.25, 0.3) is 10.9 Å². The number of hydrogen-bond acceptors (Lipinski definition) is 2. The Bertz CT molecular complexity index is 691. The average molecular weight is 269 g/mol. The first-order valence-corrected chi connectivity index (χ1v) is 7.25. The van der Waals surface area contributed by atoms with Crippen molar-refractivity contribution in [2.75, 3.05) is 0 Å². The molecule has 0 saturated carbocycles. The number of carboxylic acids is 1. The minimum absolute atomic E-state index is 0.479. The third kappa shape index (κ3) is 2.07. The van der Waals surface area contributed by atoms with E-state index in [0.29, 0.717) is 11.5 Å². The summed E-state index contributed by atoms with van der Waals surface area (Å²) in [7, 11) is 0. The number of carbonyl (C=O) groups is 1. The number of aromatic nitrogens is 1. The van der Waals surface area contributed by atoms with Gasteiger partial charge in [-0.25, -0.2) is 4.79 Å². The fourth-order valence-corrected chi connectivity index (χ4v) is 3.22. The number of nitrogens with zero attached hydrogens (tertiary/aromatic N) is 1. The van der Waals surface area contributed by atoms with Gasteiger partial charge in [-0.05, 0) is 49.8 Å². The topological polar surface area (TPSA) is 50.2 Å². The fourth-order valence-electron chi connectivity index (χ4n) is 3.22. The van der Waals surface area contributed by atoms with Crippen LogP contribution in [0.3, 0.4) is 0 Å². The number of aryl methyl sites for hydroxylation is 2. The van der Waals surface area contributed by atoms with Crippen LogP contribution in [0.1, 0.15) is 46.9 Å². The van der Waals surface area contributed by atoms with Crippen LogP contribution in [-0.4, -0.2) is 16.1 Å². The molecule has 1 aliphatic carbocycles. The van der Waals surface area contributed by atoms with Crippen LogP contribution in [0.4, 0.5) is 0 Å². The van der Waals surface area contributed by atoms with Crippen molar-refractivity contribution in [3.63, 3.8) is 0 Å². The Balaban J connectivity index is 2.30. The molecule has 20 heavy (non-hydrogen) atoms. The van der Waals surface area contributed by atoms with Gasteiger partial charge < -0.3 is 5.11 Å². The Morgan fingerprint density at radius 3 is 2.95 bits per heavy atom. The molecule has 0 amide bonds. The summed E-state index contributed by atoms with van der Waals surface area (Å²) in [6.45, 7) is 4.16. The molecule has 1 atom stereocenters. The lowest BCUT2D eigenvalue weighted by atomic mass is 9.82. The van der Waals surface area contributed by atoms with Gasteiger partial charge in [0, 0.05) is 11.1 Å². The second-order valence-corrected chi connectivity index (χ2v) is 5.75. The summed E-state index contributed by atoms with van der Waals surface area (Å²) in [5.74, 6) is -0.235. The monoisotopic (exact) mass is 269 g/mol. The average Bonchev–Trinajstić information content (AvgIpc) is 2.43. The van der Waals surface area contributed by atoms with Gasteiger partial charge >= 0.3 is 5.97 Å². The van der Waals surface area contributed by atoms with Gasteiger partial charge in [0.05, 0.1) is 11.1 Å². The maximum atomic E-state index is 11.8. The van der Waals surface area contributed by atoms with Gasteiger partial charge in [0.1, 0.15) is 0 Å². The van der Waals surface area contributed by atoms with E-state index in [1.54, 1.807) is 0 Å². The van der Waals surface area contributed by atoms with Crippen LogP contribution in [0.5, 0.6) is 0 Å². The van der Waals surface area contributed by atoms with Crippen LogP contribution in [0, 0.1) is 12.8 Å². The lowest BCUT2D eigenvalue weighted by molar-refractivity contribution is 0.0697. The standard InChI is InChI=1S/C17H19NO2/c1-3-11-5-7-15-13(9-11)16(17(19)20)12-8-10(2)4-6-14(12)18-15/h4,6,8,11H,3,5,7,9H2,1-2H3,(H,19,20). The Hall–Kier alpha value is -1.90. The van der Waals surface area contributed by atoms with Gasteiger partial charge in [0.2, 0.25) is 0 Å². The SMILES string of the molecule is CCC1CCc2nc3ccc(C)cc3c(C(=O)O)c2C1. The third-order valence-electron chi connectivity index (χ3n) is 4.40. The molecule has 0 saturated heterocycles. The summed E-state index contributed by atoms with van der Waals surface area (Å²) in [4.78, 5) is 16.5. The highest BCUT2D eigenvalue weighted by atomic mass is 16.4. The summed E-state index contributed by atoms with van der Waals surface area (Å²) >= 11 is 0. The second kappa shape index (κ2) is 4.89. The molecule has 3 nitrogen and oxygen atoms in total. The first kappa shape index (κ1) is 13.1. The molecule has 0 spiro atoms. The molecule has 0 radical (unpaired) electrons. The molecule has 1 N–H and O–H groups in total. The Morgan fingerprint density at radius 2 is 2.25 bits per heavy atom. The van der Waals surface area contributed by atoms with E-state index >= 15 is 0 Å². The lowest BCUT2D eigenvalue weighted by Gasteiger charge is -2.25. The van der Waals surface area contributed by atoms with E-state index in [-0.39, 0.29) is 0 Å². The van der Waals surface area contributed by atoms with Crippen molar-refractivity contribution in [3.8, 4) is 0 Å². The highest BCUT2D eigenvalue weighted by Gasteiger charge is 2.26. The number of benzene rings is 1. The lowest BCUT2D eigenvalue weighted by Crippen LogP contribution is -2.19. The summed E-state index contributed by atoms with van der Waals surface area (Å²) in [6, 6.07) is 5.87. The number of fused-ring (bicyclic) bond motifs is 2. The number of carboxylic acid groups (broad SMARTS) is 1. The van der Waals surface area contributed by atoms with Crippen LogP contribution < -0.4 is 0 Å². The fraction of sp³-hybridized carbons (Fsp3) is 0.412. The van der Waals surface area contributed by atoms with Crippen molar-refractivity contribution in [1.82, 2.24) is 4.98 Å². The number of pyridine rings is 1. The molecule has 2 aromatic rings. The van der Waals surface area contributed by atoms with Gasteiger partial charge in [0.25, 0.3) is 0 Å². The summed E-state index contributed by atoms with van der Waals surface area (Å²) < 4.78 is 0. The summed E-state index contributed by atoms with van der Waals surface area (Å²) in [5.41, 5.74) is 4.32. The molecule has 1 aliphatic rings. The Kier molecular flexibility index (Phi) is 3.20. The molecule has 1 heterocycles. The van der Waals surface area contributed by atoms with E-state index in [1.807, 2.05) is 25.1 Å². The highest BCUT2D eigenvalue weighted by Crippen LogP contribution is 2.33. The van der Waals surface area contributed by atoms with Crippen molar-refractivity contribution >= 4 is 16.9 Å². The van der Waals surface area contributed by atoms with E-state index in [1.165, 1.54) is 0 Å². The molecule has 0 aliphatic heterocycles. The van der Waals surface area contributed by atoms with Gasteiger partial charge in [-0.1, -0.05) is 25.0 Å². The quantitative estimate of drug-likeness (QED) is 0.903. The molecule has 1 unspecified atom stereocenters. The molecule has 1 aromatic heterocycles. The van der Waals surface area contributed by atoms with Crippen LogP contribution in [-0.2, 0) is 12.8 Å². The third-order valence-corrected chi connectivity index (χ3v) is 4.40. The smallest absolute Gasteiger partial charge is 0.336 e. The normalized spacial score (nSPS) is 18.0. The van der Waals surface area contributed by atoms with Gasteiger partial charge in [-0.3, -0.25) is 4.98 Å². The van der Waals surface area contributed by atoms with Gasteiger partial charge in [-0.2, -0.15) is 0 Å². The van der Waals surface area contributed by atoms with Crippen molar-refractivity contribution in [2.45, 2.75) is 39.5 Å². The molecular weight excluding hydrogens is 250 g/mol. The predicted molar refractivity (Wildman–Crippen MR) is 79.2 cm³/mol. The van der Waals surface area contributed by atoms with E-state index in [0.717, 1.165) is 53.4 Å². The first-order valence-electron chi connectivity index (χ1n) is 7.25. The van der Waals surface area contributed by atoms with E-state index in [9.17, 15) is 9.90 Å². The number of rotatable bonds is 2. The molecule has 0 fully saturated rings. The summed E-state index contributed by atoms with van der Waals surface area (Å²) in [6.07, 6.45) is 3.97. The van der Waals surface area contributed by atoms with Gasteiger partial charge in [0.15, 0.2) is 0 Å². The van der Waals surface area contributed by atoms with Crippen LogP contribution >= 0.6 is 0 Å². The van der Waals surface area contributed by atoms with E-state index < -0.39 is 5.97 Å². The van der Waals surface area contributed by atoms with Crippen LogP contribution in [0.15, 0.2) is 18.2 Å². The highest BCUT2D eigenvalue weighted by molar-refractivity contribution is 6.04. The second-order valence-electron chi connectivity index (χ2n) is 5.75. The van der Waals surface area contributed by atoms with E-state index in [4.69, 9.17) is 4.98 Å². The largest absolute Gasteiger partial charge is 0.478 e. The zero-order valence-corrected chi connectivity index (χ0v) is 11.9.